The molecule has 1 aromatic rings. The molecule has 2 atom stereocenters. The van der Waals surface area contributed by atoms with Crippen LogP contribution in [0.3, 0.4) is 0 Å². The van der Waals surface area contributed by atoms with Gasteiger partial charge in [0.15, 0.2) is 11.7 Å². The summed E-state index contributed by atoms with van der Waals surface area (Å²) in [5.41, 5.74) is 10.2. The Morgan fingerprint density at radius 3 is 2.87 bits per heavy atom. The van der Waals surface area contributed by atoms with Crippen LogP contribution in [0.25, 0.3) is 0 Å². The predicted octanol–water partition coefficient (Wildman–Crippen LogP) is 3.13. The fourth-order valence-corrected chi connectivity index (χ4v) is 4.04. The van der Waals surface area contributed by atoms with E-state index in [9.17, 15) is 4.39 Å². The van der Waals surface area contributed by atoms with Gasteiger partial charge in [0.05, 0.1) is 13.2 Å². The second-order valence-corrected chi connectivity index (χ2v) is 8.12. The van der Waals surface area contributed by atoms with E-state index in [1.54, 1.807) is 19.4 Å². The van der Waals surface area contributed by atoms with Crippen LogP contribution in [-0.2, 0) is 4.74 Å². The summed E-state index contributed by atoms with van der Waals surface area (Å²) < 4.78 is 20.0. The van der Waals surface area contributed by atoms with Gasteiger partial charge < -0.3 is 20.4 Å². The molecule has 5 rings (SSSR count). The van der Waals surface area contributed by atoms with Crippen LogP contribution in [0.15, 0.2) is 70.8 Å². The second kappa shape index (κ2) is 7.70. The van der Waals surface area contributed by atoms with Crippen LogP contribution in [0.2, 0.25) is 0 Å². The van der Waals surface area contributed by atoms with Crippen LogP contribution >= 0.6 is 0 Å². The lowest BCUT2D eigenvalue weighted by Gasteiger charge is -2.28. The third kappa shape index (κ3) is 3.63. The summed E-state index contributed by atoms with van der Waals surface area (Å²) in [7, 11) is 1.60. The fourth-order valence-electron chi connectivity index (χ4n) is 4.04. The van der Waals surface area contributed by atoms with Crippen molar-refractivity contribution < 1.29 is 9.13 Å². The third-order valence-corrected chi connectivity index (χ3v) is 5.87. The largest absolute Gasteiger partial charge is 0.484 e. The number of aliphatic imine (C=N–C) groups is 1. The molecule has 2 unspecified atom stereocenters. The van der Waals surface area contributed by atoms with E-state index in [0.717, 1.165) is 29.6 Å². The number of hydrogen-bond acceptors (Lipinski definition) is 6. The van der Waals surface area contributed by atoms with Crippen LogP contribution in [0, 0.1) is 24.1 Å². The van der Waals surface area contributed by atoms with Gasteiger partial charge in [-0.1, -0.05) is 18.2 Å². The SMILES string of the molecule is CO/C(=N\C(=N)C1=CNC2C=CC(C3=CNNC3c3ccc(C)cc3F)=CN12)C1CC1. The van der Waals surface area contributed by atoms with Crippen molar-refractivity contribution in [3.05, 3.63) is 82.7 Å². The van der Waals surface area contributed by atoms with Crippen molar-refractivity contribution in [1.82, 2.24) is 21.1 Å². The summed E-state index contributed by atoms with van der Waals surface area (Å²) in [6.45, 7) is 1.88. The Morgan fingerprint density at radius 2 is 2.13 bits per heavy atom. The minimum atomic E-state index is -0.316. The lowest BCUT2D eigenvalue weighted by Crippen LogP contribution is -2.35. The molecular formula is C23H25FN6O. The molecule has 31 heavy (non-hydrogen) atoms. The van der Waals surface area contributed by atoms with E-state index in [2.05, 4.69) is 21.2 Å². The first-order valence-corrected chi connectivity index (χ1v) is 10.4. The summed E-state index contributed by atoms with van der Waals surface area (Å²) in [5, 5.41) is 11.8. The van der Waals surface area contributed by atoms with E-state index in [1.807, 2.05) is 48.5 Å². The molecule has 0 aromatic heterocycles. The van der Waals surface area contributed by atoms with Gasteiger partial charge in [0.2, 0.25) is 0 Å². The summed E-state index contributed by atoms with van der Waals surface area (Å²) in [4.78, 5) is 6.40. The van der Waals surface area contributed by atoms with Crippen LogP contribution < -0.4 is 16.2 Å². The molecule has 0 saturated heterocycles. The maximum absolute atomic E-state index is 14.6. The smallest absolute Gasteiger partial charge is 0.192 e. The molecule has 3 heterocycles. The van der Waals surface area contributed by atoms with Crippen LogP contribution in [0.4, 0.5) is 4.39 Å². The van der Waals surface area contributed by atoms with Gasteiger partial charge in [0.25, 0.3) is 0 Å². The lowest BCUT2D eigenvalue weighted by molar-refractivity contribution is 0.386. The fraction of sp³-hybridized carbons (Fsp3) is 0.304. The quantitative estimate of drug-likeness (QED) is 0.444. The topological polar surface area (TPSA) is 84.8 Å². The van der Waals surface area contributed by atoms with E-state index in [0.29, 0.717) is 23.1 Å². The van der Waals surface area contributed by atoms with Gasteiger partial charge in [-0.3, -0.25) is 5.41 Å². The average Bonchev–Trinajstić information content (AvgIpc) is 3.33. The van der Waals surface area contributed by atoms with Crippen molar-refractivity contribution in [2.24, 2.45) is 10.9 Å². The van der Waals surface area contributed by atoms with Crippen molar-refractivity contribution in [3.63, 3.8) is 0 Å². The van der Waals surface area contributed by atoms with Crippen LogP contribution in [0.5, 0.6) is 0 Å². The molecule has 160 valence electrons. The maximum Gasteiger partial charge on any atom is 0.192 e. The highest BCUT2D eigenvalue weighted by Crippen LogP contribution is 2.35. The molecule has 0 spiro atoms. The molecule has 0 amide bonds. The average molecular weight is 420 g/mol. The van der Waals surface area contributed by atoms with Gasteiger partial charge >= 0.3 is 0 Å². The van der Waals surface area contributed by atoms with Crippen molar-refractivity contribution >= 4 is 11.7 Å². The van der Waals surface area contributed by atoms with Gasteiger partial charge in [0, 0.05) is 35.7 Å². The molecule has 3 aliphatic heterocycles. The number of rotatable bonds is 4. The minimum Gasteiger partial charge on any atom is -0.484 e. The first-order valence-electron chi connectivity index (χ1n) is 10.4. The minimum absolute atomic E-state index is 0.0845. The first-order chi connectivity index (χ1) is 15.0. The molecule has 4 N–H and O–H groups in total. The monoisotopic (exact) mass is 420 g/mol. The highest BCUT2D eigenvalue weighted by Gasteiger charge is 2.33. The Morgan fingerprint density at radius 1 is 1.29 bits per heavy atom. The molecule has 7 nitrogen and oxygen atoms in total. The summed E-state index contributed by atoms with van der Waals surface area (Å²) in [6, 6.07) is 4.96. The highest BCUT2D eigenvalue weighted by molar-refractivity contribution is 6.04. The Kier molecular flexibility index (Phi) is 4.86. The molecule has 8 heteroatoms. The lowest BCUT2D eigenvalue weighted by atomic mass is 9.93. The number of methoxy groups -OCH3 is 1. The van der Waals surface area contributed by atoms with E-state index < -0.39 is 0 Å². The normalized spacial score (nSPS) is 24.7. The molecule has 1 aliphatic carbocycles. The number of fused-ring (bicyclic) bond motifs is 1. The molecule has 0 radical (unpaired) electrons. The van der Waals surface area contributed by atoms with Crippen LogP contribution in [0.1, 0.15) is 30.0 Å². The molecule has 1 fully saturated rings. The number of halogens is 1. The first kappa shape index (κ1) is 19.6. The summed E-state index contributed by atoms with van der Waals surface area (Å²) in [5.74, 6) is 0.863. The van der Waals surface area contributed by atoms with Crippen molar-refractivity contribution in [1.29, 1.82) is 5.41 Å². The molecule has 1 aromatic carbocycles. The number of benzene rings is 1. The van der Waals surface area contributed by atoms with Crippen LogP contribution in [-0.4, -0.2) is 29.9 Å². The standard InChI is InChI=1S/C23H25FN6O/c1-13-3-7-16(18(24)9-13)21-17(10-27-29-21)15-6-8-20-26-11-19(30(20)12-15)22(25)28-23(31-2)14-4-5-14/h3,6-12,14,20-21,25-27,29H,4-5H2,1-2H3/b25-22?,28-23-. The van der Waals surface area contributed by atoms with E-state index in [4.69, 9.17) is 10.1 Å². The number of aryl methyl sites for hydroxylation is 1. The van der Waals surface area contributed by atoms with Gasteiger partial charge in [-0.15, -0.1) is 0 Å². The van der Waals surface area contributed by atoms with Gasteiger partial charge in [-0.2, -0.15) is 4.99 Å². The molecule has 4 aliphatic rings. The van der Waals surface area contributed by atoms with Crippen molar-refractivity contribution in [2.75, 3.05) is 7.11 Å². The number of hydrazine groups is 1. The highest BCUT2D eigenvalue weighted by atomic mass is 19.1. The van der Waals surface area contributed by atoms with Gasteiger partial charge in [-0.25, -0.2) is 9.82 Å². The van der Waals surface area contributed by atoms with Crippen molar-refractivity contribution in [2.45, 2.75) is 32.0 Å². The Labute approximate surface area is 180 Å². The molecule has 0 bridgehead atoms. The predicted molar refractivity (Wildman–Crippen MR) is 117 cm³/mol. The Hall–Kier alpha value is -3.39. The van der Waals surface area contributed by atoms with Gasteiger partial charge in [0.1, 0.15) is 17.7 Å². The number of nitrogens with one attached hydrogen (secondary N) is 4. The molecule has 1 saturated carbocycles. The maximum atomic E-state index is 14.6. The number of ether oxygens (including phenoxy) is 1. The third-order valence-electron chi connectivity index (χ3n) is 5.87. The van der Waals surface area contributed by atoms with Crippen molar-refractivity contribution in [3.8, 4) is 0 Å². The number of allylic oxidation sites excluding steroid dienone is 1. The van der Waals surface area contributed by atoms with E-state index in [-0.39, 0.29) is 23.9 Å². The zero-order valence-electron chi connectivity index (χ0n) is 17.4. The zero-order valence-corrected chi connectivity index (χ0v) is 17.4. The number of hydrogen-bond donors (Lipinski definition) is 4. The number of amidine groups is 1. The zero-order chi connectivity index (χ0) is 21.5. The summed E-state index contributed by atoms with van der Waals surface area (Å²) in [6.07, 6.45) is 11.7. The van der Waals surface area contributed by atoms with E-state index in [1.165, 1.54) is 0 Å². The second-order valence-electron chi connectivity index (χ2n) is 8.12. The molecular weight excluding hydrogens is 395 g/mol. The van der Waals surface area contributed by atoms with Gasteiger partial charge in [-0.05, 0) is 43.0 Å². The number of nitrogens with zero attached hydrogens (tertiary/aromatic N) is 2. The van der Waals surface area contributed by atoms with E-state index >= 15 is 0 Å². The Bertz CT molecular complexity index is 1080. The summed E-state index contributed by atoms with van der Waals surface area (Å²) >= 11 is 0. The Balaban J connectivity index is 1.41.